The van der Waals surface area contributed by atoms with Crippen molar-refractivity contribution in [3.8, 4) is 0 Å². The normalized spacial score (nSPS) is 17.5. The van der Waals surface area contributed by atoms with E-state index in [9.17, 15) is 4.79 Å². The van der Waals surface area contributed by atoms with Crippen LogP contribution in [0.25, 0.3) is 0 Å². The largest absolute Gasteiger partial charge is 0.371 e. The standard InChI is InChI=1S/C14H21O.Fe/c1-5-6-7-8-13(15)12-10-14(3,4)9-11(12)2;/h9H,5-8H2,1-4H3;/q-1;. The van der Waals surface area contributed by atoms with Gasteiger partial charge in [-0.1, -0.05) is 52.4 Å². The minimum atomic E-state index is -0.0557. The summed E-state index contributed by atoms with van der Waals surface area (Å²) in [5.41, 5.74) is 1.87. The van der Waals surface area contributed by atoms with E-state index in [-0.39, 0.29) is 28.3 Å². The van der Waals surface area contributed by atoms with E-state index in [0.29, 0.717) is 6.42 Å². The average molecular weight is 261 g/mol. The van der Waals surface area contributed by atoms with Crippen molar-refractivity contribution in [3.63, 3.8) is 0 Å². The summed E-state index contributed by atoms with van der Waals surface area (Å²) in [5.74, 6) is 0.266. The minimum Gasteiger partial charge on any atom is -0.371 e. The predicted octanol–water partition coefficient (Wildman–Crippen LogP) is 3.85. The minimum absolute atomic E-state index is 0. The molecule has 0 atom stereocenters. The first-order chi connectivity index (χ1) is 6.96. The van der Waals surface area contributed by atoms with Crippen molar-refractivity contribution in [2.45, 2.75) is 53.4 Å². The number of hydrogen-bond acceptors (Lipinski definition) is 1. The summed E-state index contributed by atoms with van der Waals surface area (Å²) >= 11 is 0. The van der Waals surface area contributed by atoms with Gasteiger partial charge in [0.15, 0.2) is 0 Å². The molecule has 0 saturated carbocycles. The molecule has 1 rings (SSSR count). The van der Waals surface area contributed by atoms with Crippen LogP contribution < -0.4 is 0 Å². The van der Waals surface area contributed by atoms with E-state index in [1.807, 2.05) is 6.92 Å². The van der Waals surface area contributed by atoms with Crippen LogP contribution in [0.5, 0.6) is 0 Å². The molecule has 0 saturated heterocycles. The molecule has 0 aliphatic heterocycles. The predicted molar refractivity (Wildman–Crippen MR) is 63.4 cm³/mol. The second kappa shape index (κ2) is 6.42. The number of hydrogen-bond donors (Lipinski definition) is 0. The molecule has 0 aromatic carbocycles. The molecule has 2 heteroatoms. The first-order valence-electron chi connectivity index (χ1n) is 5.84. The van der Waals surface area contributed by atoms with Crippen molar-refractivity contribution in [1.29, 1.82) is 0 Å². The van der Waals surface area contributed by atoms with Gasteiger partial charge in [0.2, 0.25) is 0 Å². The van der Waals surface area contributed by atoms with E-state index < -0.39 is 0 Å². The smallest absolute Gasteiger partial charge is 0.0497 e. The van der Waals surface area contributed by atoms with Crippen LogP contribution in [0.3, 0.4) is 0 Å². The zero-order chi connectivity index (χ0) is 11.5. The van der Waals surface area contributed by atoms with Crippen LogP contribution in [0.4, 0.5) is 0 Å². The second-order valence-corrected chi connectivity index (χ2v) is 4.93. The quantitative estimate of drug-likeness (QED) is 0.417. The molecule has 92 valence electrons. The van der Waals surface area contributed by atoms with Gasteiger partial charge < -0.3 is 4.79 Å². The van der Waals surface area contributed by atoms with Crippen molar-refractivity contribution in [2.75, 3.05) is 0 Å². The Kier molecular flexibility index (Phi) is 6.28. The van der Waals surface area contributed by atoms with Gasteiger partial charge in [0, 0.05) is 22.9 Å². The third kappa shape index (κ3) is 4.27. The molecule has 0 spiro atoms. The first kappa shape index (κ1) is 15.7. The molecule has 0 heterocycles. The van der Waals surface area contributed by atoms with Crippen molar-refractivity contribution in [2.24, 2.45) is 5.41 Å². The topological polar surface area (TPSA) is 17.1 Å². The summed E-state index contributed by atoms with van der Waals surface area (Å²) in [7, 11) is 0. The zero-order valence-corrected chi connectivity index (χ0v) is 11.8. The van der Waals surface area contributed by atoms with Gasteiger partial charge in [-0.2, -0.15) is 17.2 Å². The number of ketones is 1. The summed E-state index contributed by atoms with van der Waals surface area (Å²) in [6.45, 7) is 8.33. The summed E-state index contributed by atoms with van der Waals surface area (Å²) in [6.07, 6.45) is 9.40. The molecule has 16 heavy (non-hydrogen) atoms. The molecule has 1 aliphatic rings. The van der Waals surface area contributed by atoms with Crippen molar-refractivity contribution in [1.82, 2.24) is 0 Å². The third-order valence-electron chi connectivity index (χ3n) is 2.71. The number of unbranched alkanes of at least 4 members (excludes halogenated alkanes) is 2. The van der Waals surface area contributed by atoms with Crippen LogP contribution in [0, 0.1) is 11.5 Å². The van der Waals surface area contributed by atoms with Gasteiger partial charge in [-0.25, -0.2) is 0 Å². The maximum absolute atomic E-state index is 11.9. The van der Waals surface area contributed by atoms with E-state index in [1.165, 1.54) is 0 Å². The molecule has 0 aromatic heterocycles. The maximum Gasteiger partial charge on any atom is 0.0497 e. The number of rotatable bonds is 5. The Morgan fingerprint density at radius 2 is 2.00 bits per heavy atom. The summed E-state index contributed by atoms with van der Waals surface area (Å²) in [4.78, 5) is 11.9. The third-order valence-corrected chi connectivity index (χ3v) is 2.71. The summed E-state index contributed by atoms with van der Waals surface area (Å²) in [6, 6.07) is 0. The zero-order valence-electron chi connectivity index (χ0n) is 10.7. The molecule has 0 N–H and O–H groups in total. The molecule has 0 unspecified atom stereocenters. The fraction of sp³-hybridized carbons (Fsp3) is 0.643. The van der Waals surface area contributed by atoms with Gasteiger partial charge in [0.25, 0.3) is 0 Å². The van der Waals surface area contributed by atoms with Crippen molar-refractivity contribution in [3.05, 3.63) is 23.3 Å². The van der Waals surface area contributed by atoms with Crippen LogP contribution in [0.1, 0.15) is 53.4 Å². The van der Waals surface area contributed by atoms with Crippen LogP contribution in [-0.4, -0.2) is 5.78 Å². The van der Waals surface area contributed by atoms with Crippen molar-refractivity contribution >= 4 is 5.78 Å². The molecule has 1 aliphatic carbocycles. The fourth-order valence-corrected chi connectivity index (χ4v) is 2.02. The molecule has 0 aromatic rings. The number of carbonyl (C=O) groups is 1. The van der Waals surface area contributed by atoms with Gasteiger partial charge in [0.05, 0.1) is 0 Å². The maximum atomic E-state index is 11.9. The Hall–Kier alpha value is -0.331. The van der Waals surface area contributed by atoms with Gasteiger partial charge in [-0.3, -0.25) is 0 Å². The van der Waals surface area contributed by atoms with Crippen molar-refractivity contribution < 1.29 is 21.9 Å². The monoisotopic (exact) mass is 261 g/mol. The molecule has 0 radical (unpaired) electrons. The van der Waals surface area contributed by atoms with E-state index in [2.05, 4.69) is 32.9 Å². The van der Waals surface area contributed by atoms with Gasteiger partial charge in [0.1, 0.15) is 0 Å². The average Bonchev–Trinajstić information content (AvgIpc) is 2.40. The van der Waals surface area contributed by atoms with Gasteiger partial charge >= 0.3 is 0 Å². The Labute approximate surface area is 110 Å². The summed E-state index contributed by atoms with van der Waals surface area (Å²) in [5, 5.41) is 0. The van der Waals surface area contributed by atoms with E-state index in [1.54, 1.807) is 0 Å². The van der Waals surface area contributed by atoms with Gasteiger partial charge in [-0.15, -0.1) is 6.08 Å². The molecular formula is C14H21FeO-. The molecule has 0 fully saturated rings. The Balaban J connectivity index is 0.00000225. The Bertz CT molecular complexity index is 311. The van der Waals surface area contributed by atoms with Crippen LogP contribution in [0.15, 0.2) is 17.2 Å². The summed E-state index contributed by atoms with van der Waals surface area (Å²) < 4.78 is 0. The second-order valence-electron chi connectivity index (χ2n) is 4.93. The van der Waals surface area contributed by atoms with Crippen LogP contribution >= 0.6 is 0 Å². The fourth-order valence-electron chi connectivity index (χ4n) is 2.02. The molecule has 0 amide bonds. The number of allylic oxidation sites excluding steroid dienone is 4. The van der Waals surface area contributed by atoms with E-state index in [0.717, 1.165) is 30.4 Å². The van der Waals surface area contributed by atoms with E-state index in [4.69, 9.17) is 0 Å². The SMILES string of the molecule is CCCCCC(=O)C1=[C-]C(C)(C)C=C1C.[Fe]. The molecule has 0 bridgehead atoms. The Morgan fingerprint density at radius 1 is 1.38 bits per heavy atom. The van der Waals surface area contributed by atoms with E-state index >= 15 is 0 Å². The van der Waals surface area contributed by atoms with Crippen LogP contribution in [0.2, 0.25) is 0 Å². The molecule has 1 nitrogen and oxygen atoms in total. The Morgan fingerprint density at radius 3 is 2.44 bits per heavy atom. The first-order valence-corrected chi connectivity index (χ1v) is 5.84. The number of Topliss-reactive ketones (excluding diaryl/α,β-unsaturated/α-hetero) is 1. The van der Waals surface area contributed by atoms with Gasteiger partial charge in [-0.05, 0) is 6.42 Å². The molecular weight excluding hydrogens is 240 g/mol. The van der Waals surface area contributed by atoms with Crippen LogP contribution in [-0.2, 0) is 21.9 Å². The number of carbonyl (C=O) groups excluding carboxylic acids is 1.